The number of ether oxygens (including phenoxy) is 1. The van der Waals surface area contributed by atoms with Crippen molar-refractivity contribution in [2.75, 3.05) is 25.0 Å². The molecule has 1 N–H and O–H groups in total. The lowest BCUT2D eigenvalue weighted by Gasteiger charge is -2.44. The van der Waals surface area contributed by atoms with E-state index >= 15 is 0 Å². The van der Waals surface area contributed by atoms with Crippen molar-refractivity contribution >= 4 is 33.1 Å². The number of nitrogens with one attached hydrogen (secondary N) is 1. The molecule has 5 heteroatoms. The summed E-state index contributed by atoms with van der Waals surface area (Å²) in [6.07, 6.45) is 2.28. The van der Waals surface area contributed by atoms with Gasteiger partial charge in [0.2, 0.25) is 0 Å². The summed E-state index contributed by atoms with van der Waals surface area (Å²) in [5.74, 6) is 0.326. The van der Waals surface area contributed by atoms with Crippen LogP contribution in [0.15, 0.2) is 60.0 Å². The summed E-state index contributed by atoms with van der Waals surface area (Å²) in [6.45, 7) is 3.15. The van der Waals surface area contributed by atoms with E-state index < -0.39 is 6.04 Å². The molecule has 0 amide bonds. The van der Waals surface area contributed by atoms with Crippen LogP contribution in [0.4, 0.5) is 5.69 Å². The minimum absolute atomic E-state index is 0.0117. The van der Waals surface area contributed by atoms with Crippen molar-refractivity contribution in [3.05, 3.63) is 65.5 Å². The Morgan fingerprint density at radius 1 is 1.07 bits per heavy atom. The second-order valence-electron chi connectivity index (χ2n) is 7.74. The molecule has 28 heavy (non-hydrogen) atoms. The predicted octanol–water partition coefficient (Wildman–Crippen LogP) is 4.69. The van der Waals surface area contributed by atoms with Crippen LogP contribution in [0.2, 0.25) is 0 Å². The number of hydrogen-bond donors (Lipinski definition) is 1. The van der Waals surface area contributed by atoms with E-state index in [4.69, 9.17) is 4.74 Å². The quantitative estimate of drug-likeness (QED) is 0.640. The van der Waals surface area contributed by atoms with E-state index in [-0.39, 0.29) is 12.1 Å². The Kier molecular flexibility index (Phi) is 4.79. The van der Waals surface area contributed by atoms with Crippen LogP contribution >= 0.6 is 11.3 Å². The van der Waals surface area contributed by atoms with Gasteiger partial charge in [-0.2, -0.15) is 0 Å². The number of benzene rings is 2. The summed E-state index contributed by atoms with van der Waals surface area (Å²) in [7, 11) is 0. The number of fused-ring (bicyclic) bond motifs is 4. The van der Waals surface area contributed by atoms with Gasteiger partial charge in [0.25, 0.3) is 0 Å². The van der Waals surface area contributed by atoms with Crippen molar-refractivity contribution in [2.24, 2.45) is 5.92 Å². The average Bonchev–Trinajstić information content (AvgIpc) is 3.23. The zero-order chi connectivity index (χ0) is 18.9. The average molecular weight is 393 g/mol. The number of esters is 1. The van der Waals surface area contributed by atoms with Crippen molar-refractivity contribution in [3.8, 4) is 0 Å². The lowest BCUT2D eigenvalue weighted by molar-refractivity contribution is -0.159. The number of carbonyl (C=O) groups is 1. The third-order valence-corrected chi connectivity index (χ3v) is 6.98. The van der Waals surface area contributed by atoms with Gasteiger partial charge < -0.3 is 10.1 Å². The smallest absolute Gasteiger partial charge is 0.333 e. The molecular formula is C23H24N2O2S. The second kappa shape index (κ2) is 7.57. The van der Waals surface area contributed by atoms with Crippen LogP contribution in [0, 0.1) is 5.92 Å². The molecule has 0 aliphatic carbocycles. The van der Waals surface area contributed by atoms with Gasteiger partial charge in [-0.05, 0) is 60.8 Å². The van der Waals surface area contributed by atoms with Crippen molar-refractivity contribution in [3.63, 3.8) is 0 Å². The normalized spacial score (nSPS) is 24.8. The van der Waals surface area contributed by atoms with Crippen LogP contribution in [-0.2, 0) is 9.53 Å². The summed E-state index contributed by atoms with van der Waals surface area (Å²) in [5, 5.41) is 6.67. The van der Waals surface area contributed by atoms with Gasteiger partial charge in [0.15, 0.2) is 6.04 Å². The van der Waals surface area contributed by atoms with E-state index in [2.05, 4.69) is 27.7 Å². The van der Waals surface area contributed by atoms with Crippen molar-refractivity contribution in [2.45, 2.75) is 25.0 Å². The third-order valence-electron chi connectivity index (χ3n) is 6.00. The maximum absolute atomic E-state index is 13.4. The fraction of sp³-hybridized carbons (Fsp3) is 0.348. The van der Waals surface area contributed by atoms with Crippen molar-refractivity contribution in [1.29, 1.82) is 0 Å². The molecule has 4 nitrogen and oxygen atoms in total. The molecule has 0 spiro atoms. The van der Waals surface area contributed by atoms with E-state index in [0.717, 1.165) is 53.8 Å². The van der Waals surface area contributed by atoms with Crippen molar-refractivity contribution in [1.82, 2.24) is 4.90 Å². The molecule has 2 unspecified atom stereocenters. The first-order valence-electron chi connectivity index (χ1n) is 9.98. The predicted molar refractivity (Wildman–Crippen MR) is 114 cm³/mol. The fourth-order valence-corrected chi connectivity index (χ4v) is 5.41. The standard InChI is InChI=1S/C23H24N2O2S/c26-23(27-20-15-25-12-9-16(20)10-13-25)21(24-18-6-2-1-3-7-18)19-8-4-5-17-11-14-28-22(17)19/h1-8,11,14,16,20-21,24H,9-10,12-13,15H2. The second-order valence-corrected chi connectivity index (χ2v) is 8.66. The molecule has 2 atom stereocenters. The molecule has 2 bridgehead atoms. The molecule has 3 aliphatic heterocycles. The van der Waals surface area contributed by atoms with Crippen LogP contribution in [0.1, 0.15) is 24.4 Å². The Morgan fingerprint density at radius 2 is 1.89 bits per heavy atom. The highest BCUT2D eigenvalue weighted by Gasteiger charge is 2.38. The lowest BCUT2D eigenvalue weighted by atomic mass is 9.86. The molecule has 4 heterocycles. The number of anilines is 1. The maximum Gasteiger partial charge on any atom is 0.333 e. The van der Waals surface area contributed by atoms with E-state index in [0.29, 0.717) is 5.92 Å². The number of hydrogen-bond acceptors (Lipinski definition) is 5. The van der Waals surface area contributed by atoms with Gasteiger partial charge in [0, 0.05) is 22.5 Å². The molecule has 144 valence electrons. The summed E-state index contributed by atoms with van der Waals surface area (Å²) in [5.41, 5.74) is 1.91. The van der Waals surface area contributed by atoms with E-state index in [1.165, 1.54) is 0 Å². The van der Waals surface area contributed by atoms with Crippen LogP contribution in [0.3, 0.4) is 0 Å². The highest BCUT2D eigenvalue weighted by Crippen LogP contribution is 2.34. The fourth-order valence-electron chi connectivity index (χ4n) is 4.47. The summed E-state index contributed by atoms with van der Waals surface area (Å²) in [4.78, 5) is 15.8. The minimum atomic E-state index is -0.514. The molecule has 3 aliphatic rings. The van der Waals surface area contributed by atoms with Gasteiger partial charge in [-0.3, -0.25) is 4.90 Å². The summed E-state index contributed by atoms with van der Waals surface area (Å²) >= 11 is 1.67. The molecule has 1 aromatic heterocycles. The number of para-hydroxylation sites is 1. The Balaban J connectivity index is 1.45. The van der Waals surface area contributed by atoms with Crippen LogP contribution in [0.5, 0.6) is 0 Å². The molecule has 2 aromatic carbocycles. The maximum atomic E-state index is 13.4. The minimum Gasteiger partial charge on any atom is -0.459 e. The molecule has 0 saturated carbocycles. The summed E-state index contributed by atoms with van der Waals surface area (Å²) < 4.78 is 7.24. The van der Waals surface area contributed by atoms with Gasteiger partial charge in [-0.25, -0.2) is 4.79 Å². The van der Waals surface area contributed by atoms with Crippen LogP contribution < -0.4 is 5.32 Å². The first-order chi connectivity index (χ1) is 13.8. The Bertz CT molecular complexity index is 963. The first-order valence-corrected chi connectivity index (χ1v) is 10.9. The van der Waals surface area contributed by atoms with Crippen LogP contribution in [0.25, 0.3) is 10.1 Å². The molecule has 6 rings (SSSR count). The lowest BCUT2D eigenvalue weighted by Crippen LogP contribution is -2.52. The Labute approximate surface area is 169 Å². The van der Waals surface area contributed by atoms with Gasteiger partial charge in [0.05, 0.1) is 0 Å². The highest BCUT2D eigenvalue weighted by atomic mass is 32.1. The van der Waals surface area contributed by atoms with E-state index in [1.54, 1.807) is 11.3 Å². The molecule has 3 aromatic rings. The molecule has 3 saturated heterocycles. The topological polar surface area (TPSA) is 41.6 Å². The van der Waals surface area contributed by atoms with Gasteiger partial charge in [0.1, 0.15) is 6.10 Å². The van der Waals surface area contributed by atoms with E-state index in [9.17, 15) is 4.79 Å². The van der Waals surface area contributed by atoms with Gasteiger partial charge >= 0.3 is 5.97 Å². The molecule has 3 fully saturated rings. The Morgan fingerprint density at radius 3 is 2.64 bits per heavy atom. The zero-order valence-electron chi connectivity index (χ0n) is 15.7. The molecular weight excluding hydrogens is 368 g/mol. The van der Waals surface area contributed by atoms with Gasteiger partial charge in [-0.1, -0.05) is 36.4 Å². The number of thiophene rings is 1. The zero-order valence-corrected chi connectivity index (χ0v) is 16.5. The molecule has 0 radical (unpaired) electrons. The van der Waals surface area contributed by atoms with Crippen molar-refractivity contribution < 1.29 is 9.53 Å². The largest absolute Gasteiger partial charge is 0.459 e. The van der Waals surface area contributed by atoms with Crippen LogP contribution in [-0.4, -0.2) is 36.6 Å². The number of nitrogens with zero attached hydrogens (tertiary/aromatic N) is 1. The third kappa shape index (κ3) is 3.40. The number of rotatable bonds is 5. The Hall–Kier alpha value is -2.37. The number of piperidine rings is 3. The van der Waals surface area contributed by atoms with Gasteiger partial charge in [-0.15, -0.1) is 11.3 Å². The van der Waals surface area contributed by atoms with E-state index in [1.807, 2.05) is 42.5 Å². The first kappa shape index (κ1) is 17.7. The monoisotopic (exact) mass is 392 g/mol. The SMILES string of the molecule is O=C(OC1CN2CCC1CC2)C(Nc1ccccc1)c1cccc2ccsc12. The number of carbonyl (C=O) groups excluding carboxylic acids is 1. The highest BCUT2D eigenvalue weighted by molar-refractivity contribution is 7.17. The summed E-state index contributed by atoms with van der Waals surface area (Å²) in [6, 6.07) is 17.6.